The summed E-state index contributed by atoms with van der Waals surface area (Å²) in [5.41, 5.74) is 1.74. The number of carbonyl (C=O) groups excluding carboxylic acids is 1. The smallest absolute Gasteiger partial charge is 0.227 e. The lowest BCUT2D eigenvalue weighted by molar-refractivity contribution is -0.131. The molecule has 2 aromatic rings. The molecule has 0 radical (unpaired) electrons. The topological polar surface area (TPSA) is 59.2 Å². The van der Waals surface area contributed by atoms with Gasteiger partial charge in [-0.05, 0) is 26.7 Å². The zero-order chi connectivity index (χ0) is 14.8. The van der Waals surface area contributed by atoms with Gasteiger partial charge >= 0.3 is 0 Å². The molecule has 1 amide bonds. The van der Waals surface area contributed by atoms with E-state index in [4.69, 9.17) is 4.52 Å². The first-order valence-corrected chi connectivity index (χ1v) is 8.12. The minimum absolute atomic E-state index is 0.158. The van der Waals surface area contributed by atoms with E-state index < -0.39 is 0 Å². The van der Waals surface area contributed by atoms with Gasteiger partial charge in [-0.1, -0.05) is 5.16 Å². The van der Waals surface area contributed by atoms with Crippen molar-refractivity contribution in [2.45, 2.75) is 39.0 Å². The molecule has 3 heterocycles. The number of aromatic nitrogens is 2. The van der Waals surface area contributed by atoms with Gasteiger partial charge in [-0.25, -0.2) is 4.98 Å². The van der Waals surface area contributed by atoms with Gasteiger partial charge in [-0.15, -0.1) is 11.3 Å². The fourth-order valence-corrected chi connectivity index (χ4v) is 3.63. The van der Waals surface area contributed by atoms with Gasteiger partial charge < -0.3 is 9.42 Å². The molecule has 3 rings (SSSR count). The highest BCUT2D eigenvalue weighted by molar-refractivity contribution is 7.09. The quantitative estimate of drug-likeness (QED) is 0.875. The molecule has 0 N–H and O–H groups in total. The summed E-state index contributed by atoms with van der Waals surface area (Å²) in [5, 5.41) is 7.06. The third kappa shape index (κ3) is 3.00. The molecule has 1 atom stereocenters. The first kappa shape index (κ1) is 14.3. The minimum Gasteiger partial charge on any atom is -0.361 e. The Labute approximate surface area is 128 Å². The molecule has 1 aliphatic heterocycles. The molecule has 0 bridgehead atoms. The van der Waals surface area contributed by atoms with Crippen LogP contribution in [0.25, 0.3) is 0 Å². The Morgan fingerprint density at radius 2 is 2.38 bits per heavy atom. The molecule has 6 heteroatoms. The molecule has 0 saturated carbocycles. The van der Waals surface area contributed by atoms with Crippen molar-refractivity contribution >= 4 is 17.2 Å². The van der Waals surface area contributed by atoms with Gasteiger partial charge in [0.15, 0.2) is 0 Å². The Morgan fingerprint density at radius 1 is 1.52 bits per heavy atom. The van der Waals surface area contributed by atoms with Crippen LogP contribution in [0.15, 0.2) is 16.1 Å². The number of aryl methyl sites for hydroxylation is 2. The van der Waals surface area contributed by atoms with Gasteiger partial charge in [-0.2, -0.15) is 0 Å². The highest BCUT2D eigenvalue weighted by Crippen LogP contribution is 2.28. The summed E-state index contributed by atoms with van der Waals surface area (Å²) >= 11 is 1.68. The number of amides is 1. The van der Waals surface area contributed by atoms with Crippen LogP contribution in [0.4, 0.5) is 0 Å². The summed E-state index contributed by atoms with van der Waals surface area (Å²) in [7, 11) is 0. The van der Waals surface area contributed by atoms with Gasteiger partial charge in [-0.3, -0.25) is 4.79 Å². The lowest BCUT2D eigenvalue weighted by Crippen LogP contribution is -2.40. The molecule has 1 aliphatic rings. The first-order valence-electron chi connectivity index (χ1n) is 7.24. The number of hydrogen-bond donors (Lipinski definition) is 0. The van der Waals surface area contributed by atoms with E-state index in [0.29, 0.717) is 12.3 Å². The Morgan fingerprint density at radius 3 is 3.05 bits per heavy atom. The molecule has 1 unspecified atom stereocenters. The summed E-state index contributed by atoms with van der Waals surface area (Å²) in [6.45, 7) is 5.35. The maximum atomic E-state index is 12.5. The summed E-state index contributed by atoms with van der Waals surface area (Å²) in [6, 6.07) is 0. The van der Waals surface area contributed by atoms with Crippen molar-refractivity contribution in [3.8, 4) is 0 Å². The van der Waals surface area contributed by atoms with Gasteiger partial charge in [0.2, 0.25) is 5.91 Å². The van der Waals surface area contributed by atoms with E-state index in [2.05, 4.69) is 10.1 Å². The molecular formula is C15H19N3O2S. The van der Waals surface area contributed by atoms with Crippen molar-refractivity contribution in [3.05, 3.63) is 33.6 Å². The summed E-state index contributed by atoms with van der Waals surface area (Å²) in [5.74, 6) is 1.28. The molecule has 2 aromatic heterocycles. The van der Waals surface area contributed by atoms with E-state index in [1.54, 1.807) is 11.3 Å². The van der Waals surface area contributed by atoms with E-state index >= 15 is 0 Å². The van der Waals surface area contributed by atoms with Crippen LogP contribution in [0.5, 0.6) is 0 Å². The van der Waals surface area contributed by atoms with Crippen LogP contribution in [-0.4, -0.2) is 34.0 Å². The Hall–Kier alpha value is -1.69. The zero-order valence-electron chi connectivity index (χ0n) is 12.3. The lowest BCUT2D eigenvalue weighted by atomic mass is 9.98. The van der Waals surface area contributed by atoms with Crippen LogP contribution in [0.1, 0.15) is 40.8 Å². The van der Waals surface area contributed by atoms with Crippen molar-refractivity contribution in [2.24, 2.45) is 0 Å². The molecule has 1 fully saturated rings. The van der Waals surface area contributed by atoms with Crippen molar-refractivity contribution < 1.29 is 9.32 Å². The number of carbonyl (C=O) groups is 1. The number of hydrogen-bond acceptors (Lipinski definition) is 5. The van der Waals surface area contributed by atoms with Gasteiger partial charge in [0.1, 0.15) is 5.76 Å². The fraction of sp³-hybridized carbons (Fsp3) is 0.533. The summed E-state index contributed by atoms with van der Waals surface area (Å²) < 4.78 is 5.13. The monoisotopic (exact) mass is 305 g/mol. The van der Waals surface area contributed by atoms with Crippen LogP contribution < -0.4 is 0 Å². The molecule has 5 nitrogen and oxygen atoms in total. The van der Waals surface area contributed by atoms with E-state index in [9.17, 15) is 4.79 Å². The molecule has 112 valence electrons. The number of rotatable bonds is 3. The Balaban J connectivity index is 1.67. The third-order valence-electron chi connectivity index (χ3n) is 4.08. The zero-order valence-corrected chi connectivity index (χ0v) is 13.2. The van der Waals surface area contributed by atoms with Gasteiger partial charge in [0, 0.05) is 36.1 Å². The van der Waals surface area contributed by atoms with Crippen LogP contribution >= 0.6 is 11.3 Å². The van der Waals surface area contributed by atoms with Crippen LogP contribution in [0.2, 0.25) is 0 Å². The SMILES string of the molecule is Cc1noc(C)c1CC(=O)N1CCCC(c2nccs2)C1. The predicted octanol–water partition coefficient (Wildman–Crippen LogP) is 2.70. The normalized spacial score (nSPS) is 19.0. The number of thiazole rings is 1. The predicted molar refractivity (Wildman–Crippen MR) is 80.4 cm³/mol. The van der Waals surface area contributed by atoms with Crippen LogP contribution in [0.3, 0.4) is 0 Å². The molecule has 0 spiro atoms. The summed E-state index contributed by atoms with van der Waals surface area (Å²) in [4.78, 5) is 18.9. The molecule has 21 heavy (non-hydrogen) atoms. The molecular weight excluding hydrogens is 286 g/mol. The average Bonchev–Trinajstić information content (AvgIpc) is 3.13. The number of piperidine rings is 1. The van der Waals surface area contributed by atoms with Crippen molar-refractivity contribution in [3.63, 3.8) is 0 Å². The Bertz CT molecular complexity index is 601. The van der Waals surface area contributed by atoms with Gasteiger partial charge in [0.25, 0.3) is 0 Å². The second-order valence-electron chi connectivity index (χ2n) is 5.53. The standard InChI is InChI=1S/C15H19N3O2S/c1-10-13(11(2)20-17-10)8-14(19)18-6-3-4-12(9-18)15-16-5-7-21-15/h5,7,12H,3-4,6,8-9H2,1-2H3. The highest BCUT2D eigenvalue weighted by Gasteiger charge is 2.27. The molecule has 0 aliphatic carbocycles. The largest absolute Gasteiger partial charge is 0.361 e. The number of likely N-dealkylation sites (tertiary alicyclic amines) is 1. The highest BCUT2D eigenvalue weighted by atomic mass is 32.1. The maximum absolute atomic E-state index is 12.5. The van der Waals surface area contributed by atoms with Crippen molar-refractivity contribution in [1.29, 1.82) is 0 Å². The van der Waals surface area contributed by atoms with Crippen LogP contribution in [-0.2, 0) is 11.2 Å². The van der Waals surface area contributed by atoms with E-state index in [-0.39, 0.29) is 5.91 Å². The fourth-order valence-electron chi connectivity index (χ4n) is 2.86. The molecule has 0 aromatic carbocycles. The van der Waals surface area contributed by atoms with E-state index in [1.807, 2.05) is 30.3 Å². The van der Waals surface area contributed by atoms with E-state index in [1.165, 1.54) is 0 Å². The van der Waals surface area contributed by atoms with Gasteiger partial charge in [0.05, 0.1) is 17.1 Å². The number of nitrogens with zero attached hydrogens (tertiary/aromatic N) is 3. The second kappa shape index (κ2) is 5.97. The van der Waals surface area contributed by atoms with Crippen molar-refractivity contribution in [1.82, 2.24) is 15.0 Å². The minimum atomic E-state index is 0.158. The Kier molecular flexibility index (Phi) is 4.05. The maximum Gasteiger partial charge on any atom is 0.227 e. The lowest BCUT2D eigenvalue weighted by Gasteiger charge is -2.32. The third-order valence-corrected chi connectivity index (χ3v) is 5.02. The summed E-state index contributed by atoms with van der Waals surface area (Å²) in [6.07, 6.45) is 4.37. The average molecular weight is 305 g/mol. The van der Waals surface area contributed by atoms with E-state index in [0.717, 1.165) is 48.0 Å². The second-order valence-corrected chi connectivity index (χ2v) is 6.45. The van der Waals surface area contributed by atoms with Crippen LogP contribution in [0, 0.1) is 13.8 Å². The first-order chi connectivity index (χ1) is 10.1. The van der Waals surface area contributed by atoms with Crippen molar-refractivity contribution in [2.75, 3.05) is 13.1 Å². The molecule has 1 saturated heterocycles.